The zero-order valence-electron chi connectivity index (χ0n) is 10.5. The summed E-state index contributed by atoms with van der Waals surface area (Å²) in [6, 6.07) is 8.26. The van der Waals surface area contributed by atoms with Gasteiger partial charge in [-0.25, -0.2) is 4.79 Å². The molecule has 0 atom stereocenters. The smallest absolute Gasteiger partial charge is 0.341 e. The van der Waals surface area contributed by atoms with Gasteiger partial charge in [-0.1, -0.05) is 6.07 Å². The van der Waals surface area contributed by atoms with Gasteiger partial charge in [0.1, 0.15) is 12.3 Å². The van der Waals surface area contributed by atoms with E-state index < -0.39 is 12.6 Å². The summed E-state index contributed by atoms with van der Waals surface area (Å²) in [6.07, 6.45) is 3.28. The summed E-state index contributed by atoms with van der Waals surface area (Å²) in [5.74, 6) is -0.911. The Kier molecular flexibility index (Phi) is 4.33. The molecule has 0 bridgehead atoms. The first-order valence-corrected chi connectivity index (χ1v) is 5.85. The molecule has 2 rings (SSSR count). The quantitative estimate of drug-likeness (QED) is 0.819. The highest BCUT2D eigenvalue weighted by atomic mass is 16.5. The van der Waals surface area contributed by atoms with Crippen molar-refractivity contribution in [3.8, 4) is 5.75 Å². The van der Waals surface area contributed by atoms with Crippen LogP contribution in [0.25, 0.3) is 0 Å². The van der Waals surface area contributed by atoms with Crippen LogP contribution in [0.1, 0.15) is 0 Å². The molecule has 1 aromatic heterocycles. The Bertz CT molecular complexity index is 595. The number of nitrogens with zero attached hydrogens (tertiary/aromatic N) is 2. The lowest BCUT2D eigenvalue weighted by Crippen LogP contribution is -2.19. The molecule has 0 saturated carbocycles. The molecule has 1 aromatic carbocycles. The van der Waals surface area contributed by atoms with Gasteiger partial charge < -0.3 is 15.2 Å². The number of anilines is 1. The second kappa shape index (κ2) is 6.37. The standard InChI is InChI=1S/C13H13N3O4/c17-12(8-16-6-2-5-14-16)15-10-3-1-4-11(7-10)20-9-13(18)19/h1-7H,8-9H2,(H,15,17)(H,18,19). The summed E-state index contributed by atoms with van der Waals surface area (Å²) >= 11 is 0. The van der Waals surface area contributed by atoms with E-state index in [0.29, 0.717) is 11.4 Å². The van der Waals surface area contributed by atoms with Gasteiger partial charge in [-0.3, -0.25) is 9.48 Å². The first-order chi connectivity index (χ1) is 9.63. The number of carbonyl (C=O) groups is 2. The fourth-order valence-electron chi connectivity index (χ4n) is 1.55. The van der Waals surface area contributed by atoms with E-state index in [1.165, 1.54) is 4.68 Å². The van der Waals surface area contributed by atoms with E-state index in [9.17, 15) is 9.59 Å². The van der Waals surface area contributed by atoms with E-state index in [1.54, 1.807) is 42.7 Å². The summed E-state index contributed by atoms with van der Waals surface area (Å²) in [5.41, 5.74) is 0.532. The molecule has 0 unspecified atom stereocenters. The number of hydrogen-bond acceptors (Lipinski definition) is 4. The number of nitrogens with one attached hydrogen (secondary N) is 1. The van der Waals surface area contributed by atoms with E-state index in [0.717, 1.165) is 0 Å². The van der Waals surface area contributed by atoms with Crippen LogP contribution >= 0.6 is 0 Å². The normalized spacial score (nSPS) is 10.0. The zero-order valence-corrected chi connectivity index (χ0v) is 10.5. The van der Waals surface area contributed by atoms with E-state index in [1.807, 2.05) is 0 Å². The number of rotatable bonds is 6. The van der Waals surface area contributed by atoms with Gasteiger partial charge in [0.2, 0.25) is 5.91 Å². The number of amides is 1. The summed E-state index contributed by atoms with van der Waals surface area (Å²) in [7, 11) is 0. The van der Waals surface area contributed by atoms with Crippen LogP contribution in [0.15, 0.2) is 42.7 Å². The van der Waals surface area contributed by atoms with Gasteiger partial charge >= 0.3 is 5.97 Å². The molecule has 0 saturated heterocycles. The number of hydrogen-bond donors (Lipinski definition) is 2. The van der Waals surface area contributed by atoms with Crippen LogP contribution in [-0.2, 0) is 16.1 Å². The van der Waals surface area contributed by atoms with Crippen molar-refractivity contribution in [2.45, 2.75) is 6.54 Å². The van der Waals surface area contributed by atoms with Crippen molar-refractivity contribution in [2.75, 3.05) is 11.9 Å². The van der Waals surface area contributed by atoms with Gasteiger partial charge in [-0.05, 0) is 18.2 Å². The van der Waals surface area contributed by atoms with Gasteiger partial charge in [-0.2, -0.15) is 5.10 Å². The maximum absolute atomic E-state index is 11.8. The summed E-state index contributed by atoms with van der Waals surface area (Å²) < 4.78 is 6.53. The van der Waals surface area contributed by atoms with Crippen LogP contribution in [0.4, 0.5) is 5.69 Å². The van der Waals surface area contributed by atoms with Crippen molar-refractivity contribution in [1.82, 2.24) is 9.78 Å². The third-order valence-corrected chi connectivity index (χ3v) is 2.34. The first-order valence-electron chi connectivity index (χ1n) is 5.85. The van der Waals surface area contributed by atoms with Crippen molar-refractivity contribution in [3.63, 3.8) is 0 Å². The minimum atomic E-state index is -1.06. The number of aliphatic carboxylic acids is 1. The molecule has 20 heavy (non-hydrogen) atoms. The Labute approximate surface area is 114 Å². The number of carboxylic acid groups (broad SMARTS) is 1. The third kappa shape index (κ3) is 4.13. The molecule has 2 N–H and O–H groups in total. The minimum absolute atomic E-state index is 0.104. The highest BCUT2D eigenvalue weighted by Gasteiger charge is 2.05. The average molecular weight is 275 g/mol. The monoisotopic (exact) mass is 275 g/mol. The van der Waals surface area contributed by atoms with Crippen molar-refractivity contribution in [3.05, 3.63) is 42.7 Å². The molecule has 0 aliphatic carbocycles. The van der Waals surface area contributed by atoms with Crippen LogP contribution in [0.3, 0.4) is 0 Å². The molecule has 7 nitrogen and oxygen atoms in total. The number of ether oxygens (including phenoxy) is 1. The molecule has 0 fully saturated rings. The fourth-order valence-corrected chi connectivity index (χ4v) is 1.55. The lowest BCUT2D eigenvalue weighted by atomic mass is 10.3. The molecule has 0 aliphatic heterocycles. The minimum Gasteiger partial charge on any atom is -0.482 e. The van der Waals surface area contributed by atoms with E-state index in [4.69, 9.17) is 9.84 Å². The Morgan fingerprint density at radius 2 is 2.20 bits per heavy atom. The number of aromatic nitrogens is 2. The fraction of sp³-hybridized carbons (Fsp3) is 0.154. The Hall–Kier alpha value is -2.83. The second-order valence-corrected chi connectivity index (χ2v) is 3.96. The van der Waals surface area contributed by atoms with Gasteiger partial charge in [-0.15, -0.1) is 0 Å². The molecular formula is C13H13N3O4. The van der Waals surface area contributed by atoms with Gasteiger partial charge in [0.15, 0.2) is 6.61 Å². The van der Waals surface area contributed by atoms with Crippen LogP contribution in [0.5, 0.6) is 5.75 Å². The highest BCUT2D eigenvalue weighted by molar-refractivity contribution is 5.90. The lowest BCUT2D eigenvalue weighted by Gasteiger charge is -2.08. The molecule has 0 spiro atoms. The SMILES string of the molecule is O=C(O)COc1cccc(NC(=O)Cn2cccn2)c1. The summed E-state index contributed by atoms with van der Waals surface area (Å²) in [6.45, 7) is -0.322. The molecule has 1 heterocycles. The topological polar surface area (TPSA) is 93.5 Å². The average Bonchev–Trinajstić information content (AvgIpc) is 2.89. The maximum atomic E-state index is 11.8. The molecule has 1 amide bonds. The van der Waals surface area contributed by atoms with E-state index in [-0.39, 0.29) is 12.5 Å². The van der Waals surface area contributed by atoms with Crippen LogP contribution in [-0.4, -0.2) is 33.4 Å². The Balaban J connectivity index is 1.93. The molecule has 7 heteroatoms. The predicted molar refractivity (Wildman–Crippen MR) is 70.4 cm³/mol. The number of benzene rings is 1. The zero-order chi connectivity index (χ0) is 14.4. The summed E-state index contributed by atoms with van der Waals surface area (Å²) in [4.78, 5) is 22.2. The van der Waals surface area contributed by atoms with Gasteiger partial charge in [0.05, 0.1) is 0 Å². The first kappa shape index (κ1) is 13.6. The van der Waals surface area contributed by atoms with Crippen molar-refractivity contribution in [1.29, 1.82) is 0 Å². The van der Waals surface area contributed by atoms with Crippen molar-refractivity contribution in [2.24, 2.45) is 0 Å². The Morgan fingerprint density at radius 3 is 2.90 bits per heavy atom. The number of carbonyl (C=O) groups excluding carboxylic acids is 1. The predicted octanol–water partition coefficient (Wildman–Crippen LogP) is 0.985. The highest BCUT2D eigenvalue weighted by Crippen LogP contribution is 2.17. The second-order valence-electron chi connectivity index (χ2n) is 3.96. The molecule has 0 aliphatic rings. The van der Waals surface area contributed by atoms with Crippen molar-refractivity contribution < 1.29 is 19.4 Å². The van der Waals surface area contributed by atoms with Crippen LogP contribution in [0.2, 0.25) is 0 Å². The van der Waals surface area contributed by atoms with E-state index >= 15 is 0 Å². The Morgan fingerprint density at radius 1 is 1.35 bits per heavy atom. The van der Waals surface area contributed by atoms with Gasteiger partial charge in [0, 0.05) is 24.1 Å². The van der Waals surface area contributed by atoms with Crippen LogP contribution < -0.4 is 10.1 Å². The number of carboxylic acids is 1. The molecular weight excluding hydrogens is 262 g/mol. The third-order valence-electron chi connectivity index (χ3n) is 2.34. The molecule has 104 valence electrons. The van der Waals surface area contributed by atoms with Gasteiger partial charge in [0.25, 0.3) is 0 Å². The van der Waals surface area contributed by atoms with Crippen LogP contribution in [0, 0.1) is 0 Å². The largest absolute Gasteiger partial charge is 0.482 e. The van der Waals surface area contributed by atoms with E-state index in [2.05, 4.69) is 10.4 Å². The lowest BCUT2D eigenvalue weighted by molar-refractivity contribution is -0.139. The summed E-state index contributed by atoms with van der Waals surface area (Å²) in [5, 5.41) is 15.1. The molecule has 0 radical (unpaired) electrons. The van der Waals surface area contributed by atoms with Crippen molar-refractivity contribution >= 4 is 17.6 Å². The maximum Gasteiger partial charge on any atom is 0.341 e. The molecule has 2 aromatic rings.